The molecule has 2 aromatic rings. The molecule has 0 aliphatic heterocycles. The van der Waals surface area contributed by atoms with Gasteiger partial charge in [-0.15, -0.1) is 0 Å². The fourth-order valence-electron chi connectivity index (χ4n) is 3.12. The van der Waals surface area contributed by atoms with Crippen LogP contribution in [0.15, 0.2) is 12.7 Å². The van der Waals surface area contributed by atoms with Crippen LogP contribution in [-0.2, 0) is 39.4 Å². The number of imidazole rings is 1. The van der Waals surface area contributed by atoms with Gasteiger partial charge in [0.2, 0.25) is 0 Å². The first-order valence-corrected chi connectivity index (χ1v) is 13.5. The number of fused-ring (bicyclic) bond motifs is 1. The molecule has 2 aromatic heterocycles. The monoisotopic (exact) mass is 528 g/mol. The number of nitrogens with two attached hydrogens (primary N) is 1. The number of anilines is 1. The van der Waals surface area contributed by atoms with Gasteiger partial charge in [0, 0.05) is 0 Å². The van der Waals surface area contributed by atoms with E-state index in [1.807, 2.05) is 0 Å². The van der Waals surface area contributed by atoms with Gasteiger partial charge in [-0.3, -0.25) is 14.2 Å². The lowest BCUT2D eigenvalue weighted by atomic mass is 10.1. The minimum Gasteiger partial charge on any atom is -0.463 e. The van der Waals surface area contributed by atoms with Crippen molar-refractivity contribution in [2.75, 3.05) is 18.7 Å². The van der Waals surface area contributed by atoms with Crippen LogP contribution in [0.3, 0.4) is 0 Å². The summed E-state index contributed by atoms with van der Waals surface area (Å²) in [6, 6.07) is 0. The third-order valence-electron chi connectivity index (χ3n) is 4.69. The minimum absolute atomic E-state index is 0.113. The van der Waals surface area contributed by atoms with Gasteiger partial charge in [0.1, 0.15) is 23.7 Å². The number of rotatable bonds is 14. The van der Waals surface area contributed by atoms with E-state index in [0.717, 1.165) is 0 Å². The highest BCUT2D eigenvalue weighted by Crippen LogP contribution is 2.45. The van der Waals surface area contributed by atoms with Crippen molar-refractivity contribution >= 4 is 36.4 Å². The van der Waals surface area contributed by atoms with E-state index in [1.165, 1.54) is 20.2 Å². The van der Waals surface area contributed by atoms with Gasteiger partial charge in [-0.2, -0.15) is 0 Å². The summed E-state index contributed by atoms with van der Waals surface area (Å²) in [6.07, 6.45) is 1.34. The zero-order chi connectivity index (χ0) is 27.1. The van der Waals surface area contributed by atoms with Gasteiger partial charge in [-0.25, -0.2) is 20.0 Å². The molecule has 0 aromatic carbocycles. The van der Waals surface area contributed by atoms with Crippen LogP contribution < -0.4 is 10.8 Å². The summed E-state index contributed by atoms with van der Waals surface area (Å²) in [4.78, 5) is 36.8. The van der Waals surface area contributed by atoms with Crippen molar-refractivity contribution < 1.29 is 32.9 Å². The number of ether oxygens (including phenoxy) is 3. The van der Waals surface area contributed by atoms with E-state index in [4.69, 9.17) is 24.5 Å². The third-order valence-corrected chi connectivity index (χ3v) is 6.68. The summed E-state index contributed by atoms with van der Waals surface area (Å²) in [6.45, 7) is 11.9. The Balaban J connectivity index is 2.09. The van der Waals surface area contributed by atoms with Crippen molar-refractivity contribution in [3.05, 3.63) is 12.7 Å². The molecule has 2 rings (SSSR count). The fourth-order valence-corrected chi connectivity index (χ4v) is 5.10. The summed E-state index contributed by atoms with van der Waals surface area (Å²) >= 11 is 0. The van der Waals surface area contributed by atoms with Gasteiger partial charge in [-0.05, 0) is 48.5 Å². The van der Waals surface area contributed by atoms with Crippen LogP contribution in [0.2, 0.25) is 0 Å². The smallest absolute Gasteiger partial charge is 0.326 e. The Morgan fingerprint density at radius 3 is 2.42 bits per heavy atom. The van der Waals surface area contributed by atoms with E-state index in [1.54, 1.807) is 45.5 Å². The van der Waals surface area contributed by atoms with Crippen LogP contribution in [0.5, 0.6) is 0 Å². The van der Waals surface area contributed by atoms with Crippen LogP contribution in [0.4, 0.5) is 5.82 Å². The molecule has 3 N–H and O–H groups in total. The second-order valence-corrected chi connectivity index (χ2v) is 11.5. The summed E-state index contributed by atoms with van der Waals surface area (Å²) in [5.41, 5.74) is 5.50. The largest absolute Gasteiger partial charge is 0.463 e. The van der Waals surface area contributed by atoms with Crippen LogP contribution in [-0.4, -0.2) is 68.3 Å². The van der Waals surface area contributed by atoms with E-state index in [9.17, 15) is 14.2 Å². The molecule has 36 heavy (non-hydrogen) atoms. The quantitative estimate of drug-likeness (QED) is 0.272. The highest BCUT2D eigenvalue weighted by atomic mass is 31.2. The number of hydrogen-bond donors (Lipinski definition) is 2. The second kappa shape index (κ2) is 12.6. The molecular weight excluding hydrogens is 491 g/mol. The summed E-state index contributed by atoms with van der Waals surface area (Å²) in [7, 11) is -3.78. The van der Waals surface area contributed by atoms with Crippen molar-refractivity contribution in [3.8, 4) is 0 Å². The number of nitrogen functional groups attached to an aromatic ring is 1. The lowest BCUT2D eigenvalue weighted by Gasteiger charge is -2.31. The molecule has 2 atom stereocenters. The maximum Gasteiger partial charge on any atom is 0.326 e. The number of nitrogens with one attached hydrogen (secondary N) is 1. The molecule has 0 saturated carbocycles. The zero-order valence-electron chi connectivity index (χ0n) is 21.9. The molecule has 0 amide bonds. The van der Waals surface area contributed by atoms with Crippen molar-refractivity contribution in [1.82, 2.24) is 24.6 Å². The summed E-state index contributed by atoms with van der Waals surface area (Å²) < 4.78 is 37.3. The molecular formula is C22H37N6O7P. The van der Waals surface area contributed by atoms with Crippen molar-refractivity contribution in [2.45, 2.75) is 85.3 Å². The van der Waals surface area contributed by atoms with E-state index < -0.39 is 31.1 Å². The molecule has 0 unspecified atom stereocenters. The van der Waals surface area contributed by atoms with Gasteiger partial charge in [0.05, 0.1) is 44.2 Å². The van der Waals surface area contributed by atoms with Gasteiger partial charge in [0.25, 0.3) is 7.52 Å². The zero-order valence-corrected chi connectivity index (χ0v) is 22.8. The predicted molar refractivity (Wildman–Crippen MR) is 133 cm³/mol. The third kappa shape index (κ3) is 8.81. The van der Waals surface area contributed by atoms with Gasteiger partial charge in [-0.1, -0.05) is 0 Å². The molecule has 0 radical (unpaired) electrons. The number of aromatic nitrogens is 4. The second-order valence-electron chi connectivity index (χ2n) is 9.42. The fraction of sp³-hybridized carbons (Fsp3) is 0.682. The van der Waals surface area contributed by atoms with Crippen LogP contribution in [0.1, 0.15) is 54.9 Å². The molecule has 0 bridgehead atoms. The maximum atomic E-state index is 13.7. The average molecular weight is 529 g/mol. The molecule has 2 heterocycles. The Bertz CT molecular complexity index is 1090. The molecule has 13 nitrogen and oxygen atoms in total. The number of hydrogen-bond acceptors (Lipinski definition) is 11. The Morgan fingerprint density at radius 2 is 1.78 bits per heavy atom. The Morgan fingerprint density at radius 1 is 1.11 bits per heavy atom. The Hall–Kier alpha value is -2.60. The molecule has 0 aliphatic rings. The lowest BCUT2D eigenvalue weighted by molar-refractivity contribution is -0.153. The summed E-state index contributed by atoms with van der Waals surface area (Å²) in [5.74, 6) is -0.825. The Labute approximate surface area is 210 Å². The number of nitrogens with zero attached hydrogens (tertiary/aromatic N) is 4. The highest BCUT2D eigenvalue weighted by molar-refractivity contribution is 7.56. The van der Waals surface area contributed by atoms with Crippen molar-refractivity contribution in [3.63, 3.8) is 0 Å². The Kier molecular flexibility index (Phi) is 10.4. The van der Waals surface area contributed by atoms with Gasteiger partial charge >= 0.3 is 11.9 Å². The number of esters is 2. The molecule has 0 aliphatic carbocycles. The maximum absolute atomic E-state index is 13.7. The molecule has 14 heteroatoms. The number of carbonyl (C=O) groups excluding carboxylic acids is 2. The highest BCUT2D eigenvalue weighted by Gasteiger charge is 2.39. The van der Waals surface area contributed by atoms with Gasteiger partial charge < -0.3 is 29.0 Å². The van der Waals surface area contributed by atoms with Gasteiger partial charge in [0.15, 0.2) is 11.5 Å². The van der Waals surface area contributed by atoms with E-state index >= 15 is 0 Å². The minimum atomic E-state index is -3.78. The first-order valence-electron chi connectivity index (χ1n) is 11.7. The molecule has 0 spiro atoms. The van der Waals surface area contributed by atoms with E-state index in [0.29, 0.717) is 17.7 Å². The SMILES string of the molecule is CC(C)OC(=O)CCO[P@](=O)(CO[C@H](C)Cn1cnc2c(N)ncnc21)NC(C)(C)C(=O)OC(C)C. The molecule has 202 valence electrons. The molecule has 0 fully saturated rings. The van der Waals surface area contributed by atoms with E-state index in [2.05, 4.69) is 20.0 Å². The number of carbonyl (C=O) groups is 2. The van der Waals surface area contributed by atoms with Crippen LogP contribution in [0.25, 0.3) is 11.2 Å². The lowest BCUT2D eigenvalue weighted by Crippen LogP contribution is -2.47. The van der Waals surface area contributed by atoms with Crippen molar-refractivity contribution in [1.29, 1.82) is 0 Å². The standard InChI is InChI=1S/C22H37N6O7P/c1-14(2)34-17(29)8-9-33-36(31,27-22(6,7)21(30)35-15(3)4)13-32-16(5)10-28-12-26-18-19(23)24-11-25-20(18)28/h11-12,14-16H,8-10,13H2,1-7H3,(H,27,31)(H2,23,24,25)/t16-,36-/m1/s1. The normalized spacial score (nSPS) is 14.7. The first-order chi connectivity index (χ1) is 16.7. The first kappa shape index (κ1) is 29.6. The average Bonchev–Trinajstić information content (AvgIpc) is 3.15. The predicted octanol–water partition coefficient (Wildman–Crippen LogP) is 2.64. The summed E-state index contributed by atoms with van der Waals surface area (Å²) in [5, 5.41) is 2.77. The van der Waals surface area contributed by atoms with Crippen LogP contribution in [0, 0.1) is 0 Å². The topological polar surface area (TPSA) is 170 Å². The van der Waals surface area contributed by atoms with Crippen LogP contribution >= 0.6 is 7.52 Å². The molecule has 0 saturated heterocycles. The van der Waals surface area contributed by atoms with Crippen molar-refractivity contribution in [2.24, 2.45) is 0 Å². The van der Waals surface area contributed by atoms with E-state index in [-0.39, 0.29) is 37.4 Å².